The second-order valence-corrected chi connectivity index (χ2v) is 3.58. The van der Waals surface area contributed by atoms with Gasteiger partial charge in [0.15, 0.2) is 11.5 Å². The van der Waals surface area contributed by atoms with Crippen molar-refractivity contribution in [1.82, 2.24) is 0 Å². The first-order chi connectivity index (χ1) is 8.67. The highest BCUT2D eigenvalue weighted by Gasteiger charge is 2.37. The van der Waals surface area contributed by atoms with Crippen molar-refractivity contribution in [3.63, 3.8) is 0 Å². The molecule has 1 atom stereocenters. The van der Waals surface area contributed by atoms with Crippen LogP contribution in [0.25, 0.3) is 0 Å². The highest BCUT2D eigenvalue weighted by atomic mass is 16.7. The van der Waals surface area contributed by atoms with Crippen molar-refractivity contribution < 1.29 is 28.5 Å². The second-order valence-electron chi connectivity index (χ2n) is 3.58. The third-order valence-electron chi connectivity index (χ3n) is 2.75. The average Bonchev–Trinajstić information content (AvgIpc) is 2.72. The van der Waals surface area contributed by atoms with Gasteiger partial charge in [0.1, 0.15) is 0 Å². The van der Waals surface area contributed by atoms with Gasteiger partial charge in [-0.05, 0) is 6.07 Å². The minimum absolute atomic E-state index is 0.358. The van der Waals surface area contributed by atoms with E-state index in [0.717, 1.165) is 0 Å². The third kappa shape index (κ3) is 1.65. The summed E-state index contributed by atoms with van der Waals surface area (Å²) in [7, 11) is 5.90. The first-order valence-electron chi connectivity index (χ1n) is 5.24. The number of ether oxygens (including phenoxy) is 5. The van der Waals surface area contributed by atoms with Crippen LogP contribution >= 0.6 is 0 Å². The zero-order valence-electron chi connectivity index (χ0n) is 10.6. The van der Waals surface area contributed by atoms with E-state index in [9.17, 15) is 4.79 Å². The number of methoxy groups -OCH3 is 4. The van der Waals surface area contributed by atoms with E-state index in [2.05, 4.69) is 0 Å². The molecule has 0 spiro atoms. The van der Waals surface area contributed by atoms with E-state index < -0.39 is 12.3 Å². The molecular formula is C12H14O6. The Bertz CT molecular complexity index is 482. The van der Waals surface area contributed by atoms with Crippen LogP contribution in [0.4, 0.5) is 0 Å². The molecule has 2 rings (SSSR count). The van der Waals surface area contributed by atoms with E-state index in [1.165, 1.54) is 28.4 Å². The van der Waals surface area contributed by atoms with E-state index >= 15 is 0 Å². The summed E-state index contributed by atoms with van der Waals surface area (Å²) in [5.41, 5.74) is 0.874. The molecule has 98 valence electrons. The molecular weight excluding hydrogens is 240 g/mol. The average molecular weight is 254 g/mol. The maximum atomic E-state index is 11.7. The van der Waals surface area contributed by atoms with Crippen LogP contribution in [0.5, 0.6) is 17.2 Å². The molecule has 6 nitrogen and oxygen atoms in total. The largest absolute Gasteiger partial charge is 0.493 e. The Morgan fingerprint density at radius 1 is 1.06 bits per heavy atom. The van der Waals surface area contributed by atoms with Crippen LogP contribution in [0.3, 0.4) is 0 Å². The first kappa shape index (κ1) is 12.5. The summed E-state index contributed by atoms with van der Waals surface area (Å²) in [5, 5.41) is 0. The summed E-state index contributed by atoms with van der Waals surface area (Å²) in [6.45, 7) is 0. The summed E-state index contributed by atoms with van der Waals surface area (Å²) in [6.07, 6.45) is -0.790. The number of hydrogen-bond donors (Lipinski definition) is 0. The molecule has 0 fully saturated rings. The van der Waals surface area contributed by atoms with Gasteiger partial charge >= 0.3 is 5.97 Å². The van der Waals surface area contributed by atoms with Gasteiger partial charge < -0.3 is 23.7 Å². The maximum Gasteiger partial charge on any atom is 0.341 e. The molecule has 0 saturated heterocycles. The zero-order valence-corrected chi connectivity index (χ0v) is 10.6. The van der Waals surface area contributed by atoms with Gasteiger partial charge in [-0.25, -0.2) is 4.79 Å². The second kappa shape index (κ2) is 4.73. The number of carbonyl (C=O) groups excluding carboxylic acids is 1. The van der Waals surface area contributed by atoms with Gasteiger partial charge in [0.25, 0.3) is 0 Å². The first-order valence-corrected chi connectivity index (χ1v) is 5.24. The molecule has 1 aromatic rings. The van der Waals surface area contributed by atoms with Crippen LogP contribution in [-0.2, 0) is 9.47 Å². The number of rotatable bonds is 4. The Hall–Kier alpha value is -1.95. The van der Waals surface area contributed by atoms with Gasteiger partial charge in [-0.1, -0.05) is 0 Å². The number of hydrogen-bond acceptors (Lipinski definition) is 6. The smallest absolute Gasteiger partial charge is 0.341 e. The van der Waals surface area contributed by atoms with Crippen LogP contribution in [-0.4, -0.2) is 34.4 Å². The topological polar surface area (TPSA) is 63.2 Å². The van der Waals surface area contributed by atoms with Gasteiger partial charge in [-0.2, -0.15) is 0 Å². The van der Waals surface area contributed by atoms with Crippen molar-refractivity contribution in [3.8, 4) is 17.2 Å². The molecule has 0 amide bonds. The molecule has 1 aliphatic rings. The fraction of sp³-hybridized carbons (Fsp3) is 0.417. The minimum atomic E-state index is -0.790. The molecule has 1 aliphatic heterocycles. The summed E-state index contributed by atoms with van der Waals surface area (Å²) in [4.78, 5) is 11.7. The highest BCUT2D eigenvalue weighted by Crippen LogP contribution is 2.48. The Morgan fingerprint density at radius 3 is 2.22 bits per heavy atom. The molecule has 0 saturated carbocycles. The standard InChI is InChI=1S/C12H14O6/c1-14-7-5-6-8(10(16-3)9(7)15-2)12(17-4)18-11(6)13/h5,12H,1-4H3. The van der Waals surface area contributed by atoms with Gasteiger partial charge in [-0.15, -0.1) is 0 Å². The zero-order chi connectivity index (χ0) is 13.3. The van der Waals surface area contributed by atoms with Crippen molar-refractivity contribution in [1.29, 1.82) is 0 Å². The fourth-order valence-electron chi connectivity index (χ4n) is 1.97. The Kier molecular flexibility index (Phi) is 3.29. The summed E-state index contributed by atoms with van der Waals surface area (Å²) in [6, 6.07) is 1.55. The summed E-state index contributed by atoms with van der Waals surface area (Å²) >= 11 is 0. The van der Waals surface area contributed by atoms with Crippen LogP contribution in [0, 0.1) is 0 Å². The van der Waals surface area contributed by atoms with Crippen LogP contribution in [0.2, 0.25) is 0 Å². The lowest BCUT2D eigenvalue weighted by Gasteiger charge is -2.16. The quantitative estimate of drug-likeness (QED) is 0.759. The van der Waals surface area contributed by atoms with Crippen molar-refractivity contribution >= 4 is 5.97 Å². The van der Waals surface area contributed by atoms with E-state index in [4.69, 9.17) is 23.7 Å². The Morgan fingerprint density at radius 2 is 1.72 bits per heavy atom. The summed E-state index contributed by atoms with van der Waals surface area (Å²) in [5.74, 6) is 0.710. The van der Waals surface area contributed by atoms with Gasteiger partial charge in [0.2, 0.25) is 12.0 Å². The third-order valence-corrected chi connectivity index (χ3v) is 2.75. The monoisotopic (exact) mass is 254 g/mol. The number of carbonyl (C=O) groups is 1. The molecule has 0 aliphatic carbocycles. The molecule has 0 radical (unpaired) electrons. The number of cyclic esters (lactones) is 1. The normalized spacial score (nSPS) is 17.1. The Balaban J connectivity index is 2.71. The van der Waals surface area contributed by atoms with Crippen molar-refractivity contribution in [2.24, 2.45) is 0 Å². The summed E-state index contributed by atoms with van der Waals surface area (Å²) < 4.78 is 25.9. The molecule has 6 heteroatoms. The lowest BCUT2D eigenvalue weighted by Crippen LogP contribution is -2.03. The van der Waals surface area contributed by atoms with Crippen molar-refractivity contribution in [2.45, 2.75) is 6.29 Å². The van der Waals surface area contributed by atoms with E-state index in [0.29, 0.717) is 28.4 Å². The van der Waals surface area contributed by atoms with Crippen molar-refractivity contribution in [3.05, 3.63) is 17.2 Å². The maximum absolute atomic E-state index is 11.7. The lowest BCUT2D eigenvalue weighted by atomic mass is 10.1. The van der Waals surface area contributed by atoms with Gasteiger partial charge in [0, 0.05) is 7.11 Å². The van der Waals surface area contributed by atoms with Crippen LogP contribution in [0.15, 0.2) is 6.07 Å². The molecule has 1 unspecified atom stereocenters. The molecule has 0 bridgehead atoms. The number of fused-ring (bicyclic) bond motifs is 1. The fourth-order valence-corrected chi connectivity index (χ4v) is 1.97. The molecule has 0 N–H and O–H groups in total. The SMILES string of the molecule is COc1cc2c(c(OC)c1OC)C(OC)OC2=O. The number of esters is 1. The van der Waals surface area contributed by atoms with E-state index in [1.54, 1.807) is 6.07 Å². The van der Waals surface area contributed by atoms with E-state index in [1.807, 2.05) is 0 Å². The predicted octanol–water partition coefficient (Wildman–Crippen LogP) is 1.53. The highest BCUT2D eigenvalue weighted by molar-refractivity contribution is 5.96. The van der Waals surface area contributed by atoms with Gasteiger partial charge in [0.05, 0.1) is 32.5 Å². The van der Waals surface area contributed by atoms with E-state index in [-0.39, 0.29) is 0 Å². The van der Waals surface area contributed by atoms with Crippen LogP contribution < -0.4 is 14.2 Å². The molecule has 1 aromatic carbocycles. The molecule has 1 heterocycles. The molecule has 18 heavy (non-hydrogen) atoms. The Labute approximate surface area is 104 Å². The number of benzene rings is 1. The minimum Gasteiger partial charge on any atom is -0.493 e. The van der Waals surface area contributed by atoms with Crippen molar-refractivity contribution in [2.75, 3.05) is 28.4 Å². The van der Waals surface area contributed by atoms with Crippen LogP contribution in [0.1, 0.15) is 22.2 Å². The lowest BCUT2D eigenvalue weighted by molar-refractivity contribution is -0.0824. The molecule has 0 aromatic heterocycles. The predicted molar refractivity (Wildman–Crippen MR) is 61.3 cm³/mol. The van der Waals surface area contributed by atoms with Gasteiger partial charge in [-0.3, -0.25) is 0 Å².